The van der Waals surface area contributed by atoms with Crippen molar-refractivity contribution in [3.8, 4) is 16.9 Å². The smallest absolute Gasteiger partial charge is 0.383 e. The highest BCUT2D eigenvalue weighted by Gasteiger charge is 2.33. The van der Waals surface area contributed by atoms with Crippen molar-refractivity contribution in [3.63, 3.8) is 0 Å². The first-order chi connectivity index (χ1) is 16.2. The zero-order valence-electron chi connectivity index (χ0n) is 19.7. The van der Waals surface area contributed by atoms with Crippen LogP contribution in [0.3, 0.4) is 0 Å². The third-order valence-corrected chi connectivity index (χ3v) is 6.05. The highest BCUT2D eigenvalue weighted by atomic mass is 19.4. The number of aromatic nitrogens is 1. The van der Waals surface area contributed by atoms with E-state index in [1.807, 2.05) is 73.8 Å². The van der Waals surface area contributed by atoms with E-state index in [2.05, 4.69) is 24.5 Å². The van der Waals surface area contributed by atoms with Crippen molar-refractivity contribution in [1.82, 2.24) is 9.88 Å². The number of anilines is 1. The molecule has 1 atom stereocenters. The lowest BCUT2D eigenvalue weighted by Crippen LogP contribution is -2.33. The molecule has 0 aliphatic heterocycles. The van der Waals surface area contributed by atoms with Gasteiger partial charge in [0.05, 0.1) is 11.3 Å². The standard InChI is InChI=1S/C28H30F3N3/c1-19(2)14-25(32-3)17-33-24-10-12-26(13-11-24)34-18-23(28(29,30)31)16-27(34)22-9-8-20-6-4-5-7-21(20)15-22/h4-13,15-16,18-19,25,32-33H,14,17H2,1-3H3/t25-/m0/s1. The van der Waals surface area contributed by atoms with Crippen LogP contribution in [0.2, 0.25) is 0 Å². The Morgan fingerprint density at radius 1 is 0.882 bits per heavy atom. The van der Waals surface area contributed by atoms with Gasteiger partial charge < -0.3 is 15.2 Å². The van der Waals surface area contributed by atoms with Gasteiger partial charge in [0.2, 0.25) is 0 Å². The number of benzene rings is 3. The molecule has 178 valence electrons. The molecule has 0 bridgehead atoms. The average Bonchev–Trinajstić information content (AvgIpc) is 3.28. The van der Waals surface area contributed by atoms with Crippen LogP contribution in [0.15, 0.2) is 79.0 Å². The molecule has 1 heterocycles. The summed E-state index contributed by atoms with van der Waals surface area (Å²) in [6, 6.07) is 22.7. The summed E-state index contributed by atoms with van der Waals surface area (Å²) >= 11 is 0. The Bertz CT molecular complexity index is 1240. The SMILES string of the molecule is CN[C@H](CNc1ccc(-n2cc(C(F)(F)F)cc2-c2ccc3ccccc3c2)cc1)CC(C)C. The molecular weight excluding hydrogens is 435 g/mol. The minimum absolute atomic E-state index is 0.345. The molecule has 0 aliphatic carbocycles. The molecule has 0 radical (unpaired) electrons. The van der Waals surface area contributed by atoms with Gasteiger partial charge in [-0.1, -0.05) is 50.2 Å². The fourth-order valence-electron chi connectivity index (χ4n) is 4.26. The highest BCUT2D eigenvalue weighted by molar-refractivity contribution is 5.87. The second-order valence-corrected chi connectivity index (χ2v) is 9.09. The van der Waals surface area contributed by atoms with Crippen LogP contribution in [0.1, 0.15) is 25.8 Å². The molecule has 4 aromatic rings. The van der Waals surface area contributed by atoms with Crippen LogP contribution in [0.4, 0.5) is 18.9 Å². The first-order valence-corrected chi connectivity index (χ1v) is 11.5. The minimum atomic E-state index is -4.42. The van der Waals surface area contributed by atoms with Crippen molar-refractivity contribution in [2.45, 2.75) is 32.5 Å². The summed E-state index contributed by atoms with van der Waals surface area (Å²) in [5, 5.41) is 8.78. The third-order valence-electron chi connectivity index (χ3n) is 6.05. The molecule has 2 N–H and O–H groups in total. The summed E-state index contributed by atoms with van der Waals surface area (Å²) in [5.41, 5.74) is 2.19. The van der Waals surface area contributed by atoms with Crippen LogP contribution in [-0.2, 0) is 6.18 Å². The van der Waals surface area contributed by atoms with E-state index < -0.39 is 11.7 Å². The topological polar surface area (TPSA) is 29.0 Å². The first-order valence-electron chi connectivity index (χ1n) is 11.5. The van der Waals surface area contributed by atoms with Gasteiger partial charge in [-0.15, -0.1) is 0 Å². The Morgan fingerprint density at radius 2 is 1.59 bits per heavy atom. The predicted molar refractivity (Wildman–Crippen MR) is 135 cm³/mol. The number of likely N-dealkylation sites (N-methyl/N-ethyl adjacent to an activating group) is 1. The van der Waals surface area contributed by atoms with Gasteiger partial charge in [-0.05, 0) is 72.1 Å². The summed E-state index contributed by atoms with van der Waals surface area (Å²) in [6.07, 6.45) is -2.19. The maximum Gasteiger partial charge on any atom is 0.417 e. The average molecular weight is 466 g/mol. The zero-order valence-corrected chi connectivity index (χ0v) is 19.7. The summed E-state index contributed by atoms with van der Waals surface area (Å²) in [4.78, 5) is 0. The number of hydrogen-bond acceptors (Lipinski definition) is 2. The molecule has 0 amide bonds. The lowest BCUT2D eigenvalue weighted by molar-refractivity contribution is -0.137. The molecule has 0 saturated carbocycles. The molecule has 0 spiro atoms. The fraction of sp³-hybridized carbons (Fsp3) is 0.286. The summed E-state index contributed by atoms with van der Waals surface area (Å²) in [7, 11) is 1.95. The van der Waals surface area contributed by atoms with Crippen LogP contribution in [0.5, 0.6) is 0 Å². The molecule has 0 aliphatic rings. The third kappa shape index (κ3) is 5.45. The van der Waals surface area contributed by atoms with E-state index in [1.54, 1.807) is 4.57 Å². The van der Waals surface area contributed by atoms with Gasteiger partial charge in [0.15, 0.2) is 0 Å². The van der Waals surface area contributed by atoms with Gasteiger partial charge >= 0.3 is 6.18 Å². The molecule has 0 unspecified atom stereocenters. The number of fused-ring (bicyclic) bond motifs is 1. The highest BCUT2D eigenvalue weighted by Crippen LogP contribution is 2.36. The van der Waals surface area contributed by atoms with Crippen molar-refractivity contribution < 1.29 is 13.2 Å². The van der Waals surface area contributed by atoms with Crippen LogP contribution in [0.25, 0.3) is 27.7 Å². The number of halogens is 3. The maximum atomic E-state index is 13.6. The minimum Gasteiger partial charge on any atom is -0.383 e. The molecule has 3 aromatic carbocycles. The fourth-order valence-corrected chi connectivity index (χ4v) is 4.26. The normalized spacial score (nSPS) is 12.9. The van der Waals surface area contributed by atoms with Crippen LogP contribution in [-0.4, -0.2) is 24.2 Å². The van der Waals surface area contributed by atoms with Crippen molar-refractivity contribution in [3.05, 3.63) is 84.6 Å². The zero-order chi connectivity index (χ0) is 24.3. The lowest BCUT2D eigenvalue weighted by atomic mass is 10.0. The Labute approximate surface area is 198 Å². The number of hydrogen-bond donors (Lipinski definition) is 2. The summed E-state index contributed by atoms with van der Waals surface area (Å²) in [6.45, 7) is 5.16. The Balaban J connectivity index is 1.64. The second-order valence-electron chi connectivity index (χ2n) is 9.09. The lowest BCUT2D eigenvalue weighted by Gasteiger charge is -2.19. The van der Waals surface area contributed by atoms with Crippen LogP contribution >= 0.6 is 0 Å². The van der Waals surface area contributed by atoms with E-state index in [-0.39, 0.29) is 0 Å². The largest absolute Gasteiger partial charge is 0.417 e. The molecule has 3 nitrogen and oxygen atoms in total. The van der Waals surface area contributed by atoms with E-state index in [1.165, 1.54) is 12.3 Å². The quantitative estimate of drug-likeness (QED) is 0.285. The van der Waals surface area contributed by atoms with E-state index >= 15 is 0 Å². The van der Waals surface area contributed by atoms with E-state index in [4.69, 9.17) is 0 Å². The summed E-state index contributed by atoms with van der Waals surface area (Å²) in [5.74, 6) is 0.590. The van der Waals surface area contributed by atoms with E-state index in [0.717, 1.165) is 35.0 Å². The second kappa shape index (κ2) is 9.94. The van der Waals surface area contributed by atoms with Gasteiger partial charge in [-0.2, -0.15) is 13.2 Å². The number of alkyl halides is 3. The first kappa shape index (κ1) is 23.9. The van der Waals surface area contributed by atoms with E-state index in [9.17, 15) is 13.2 Å². The van der Waals surface area contributed by atoms with Crippen molar-refractivity contribution in [1.29, 1.82) is 0 Å². The maximum absolute atomic E-state index is 13.6. The molecule has 34 heavy (non-hydrogen) atoms. The van der Waals surface area contributed by atoms with Crippen LogP contribution in [0, 0.1) is 5.92 Å². The van der Waals surface area contributed by atoms with Gasteiger partial charge in [0.25, 0.3) is 0 Å². The van der Waals surface area contributed by atoms with Crippen LogP contribution < -0.4 is 10.6 Å². The molecule has 1 aromatic heterocycles. The Kier molecular flexibility index (Phi) is 6.98. The van der Waals surface area contributed by atoms with Crippen molar-refractivity contribution >= 4 is 16.5 Å². The van der Waals surface area contributed by atoms with Gasteiger partial charge in [-0.25, -0.2) is 0 Å². The number of nitrogens with one attached hydrogen (secondary N) is 2. The van der Waals surface area contributed by atoms with Gasteiger partial charge in [0, 0.05) is 30.2 Å². The Hall–Kier alpha value is -3.25. The van der Waals surface area contributed by atoms with E-state index in [0.29, 0.717) is 23.3 Å². The molecule has 0 saturated heterocycles. The van der Waals surface area contributed by atoms with Crippen molar-refractivity contribution in [2.75, 3.05) is 18.9 Å². The summed E-state index contributed by atoms with van der Waals surface area (Å²) < 4.78 is 42.4. The number of rotatable bonds is 8. The van der Waals surface area contributed by atoms with Gasteiger partial charge in [-0.3, -0.25) is 0 Å². The molecular formula is C28H30F3N3. The molecule has 6 heteroatoms. The predicted octanol–water partition coefficient (Wildman–Crippen LogP) is 7.36. The Morgan fingerprint density at radius 3 is 2.24 bits per heavy atom. The molecule has 4 rings (SSSR count). The van der Waals surface area contributed by atoms with Gasteiger partial charge in [0.1, 0.15) is 0 Å². The number of nitrogens with zero attached hydrogens (tertiary/aromatic N) is 1. The molecule has 0 fully saturated rings. The van der Waals surface area contributed by atoms with Crippen molar-refractivity contribution in [2.24, 2.45) is 5.92 Å². The monoisotopic (exact) mass is 465 g/mol.